The maximum Gasteiger partial charge on any atom is 0.191 e. The molecule has 0 aliphatic carbocycles. The molecule has 6 nitrogen and oxygen atoms in total. The lowest BCUT2D eigenvalue weighted by molar-refractivity contribution is 0.161. The average molecular weight is 565 g/mol. The van der Waals surface area contributed by atoms with Crippen LogP contribution in [0.2, 0.25) is 0 Å². The van der Waals surface area contributed by atoms with Crippen molar-refractivity contribution in [2.75, 3.05) is 32.4 Å². The number of benzene rings is 1. The number of nitrogens with one attached hydrogen (secondary N) is 2. The van der Waals surface area contributed by atoms with Crippen LogP contribution in [-0.4, -0.2) is 57.8 Å². The van der Waals surface area contributed by atoms with Crippen LogP contribution >= 0.6 is 24.0 Å². The first-order chi connectivity index (χ1) is 14.3. The molecular formula is C23H41IN4O2S. The minimum Gasteiger partial charge on any atom is -0.357 e. The Hall–Kier alpha value is -0.870. The summed E-state index contributed by atoms with van der Waals surface area (Å²) in [6.07, 6.45) is 6.55. The molecule has 8 heteroatoms. The Morgan fingerprint density at radius 1 is 1.03 bits per heavy atom. The maximum absolute atomic E-state index is 11.4. The Morgan fingerprint density at radius 2 is 1.61 bits per heavy atom. The minimum absolute atomic E-state index is 0. The van der Waals surface area contributed by atoms with Gasteiger partial charge in [0, 0.05) is 25.4 Å². The molecule has 1 saturated heterocycles. The Labute approximate surface area is 206 Å². The van der Waals surface area contributed by atoms with E-state index in [0.717, 1.165) is 30.2 Å². The number of guanidine groups is 1. The fourth-order valence-corrected chi connectivity index (χ4v) is 4.77. The van der Waals surface area contributed by atoms with Crippen LogP contribution < -0.4 is 10.6 Å². The lowest BCUT2D eigenvalue weighted by Crippen LogP contribution is -2.49. The second-order valence-electron chi connectivity index (χ2n) is 8.72. The summed E-state index contributed by atoms with van der Waals surface area (Å²) in [7, 11) is -3.01. The summed E-state index contributed by atoms with van der Waals surface area (Å²) in [6.45, 7) is 11.3. The van der Waals surface area contributed by atoms with Crippen molar-refractivity contribution in [3.63, 3.8) is 0 Å². The smallest absolute Gasteiger partial charge is 0.191 e. The second-order valence-corrected chi connectivity index (χ2v) is 10.9. The van der Waals surface area contributed by atoms with Gasteiger partial charge in [0.1, 0.15) is 0 Å². The zero-order valence-electron chi connectivity index (χ0n) is 19.6. The van der Waals surface area contributed by atoms with E-state index in [2.05, 4.69) is 36.3 Å². The molecule has 0 radical (unpaired) electrons. The van der Waals surface area contributed by atoms with Crippen molar-refractivity contribution in [3.05, 3.63) is 35.4 Å². The molecule has 1 aliphatic rings. The Kier molecular flexibility index (Phi) is 13.0. The number of nitrogens with zero attached hydrogens (tertiary/aromatic N) is 2. The number of sulfone groups is 1. The van der Waals surface area contributed by atoms with Crippen molar-refractivity contribution in [3.8, 4) is 0 Å². The van der Waals surface area contributed by atoms with Crippen LogP contribution in [-0.2, 0) is 22.1 Å². The van der Waals surface area contributed by atoms with E-state index < -0.39 is 9.84 Å². The fraction of sp³-hybridized carbons (Fsp3) is 0.696. The number of hydrogen-bond acceptors (Lipinski definition) is 4. The molecule has 1 aliphatic heterocycles. The molecule has 0 aromatic heterocycles. The minimum atomic E-state index is -3.01. The van der Waals surface area contributed by atoms with Crippen molar-refractivity contribution >= 4 is 39.8 Å². The number of halogens is 1. The standard InChI is InChI=1S/C23H40N4O2S.HI/c1-5-24-23(25-16-20-10-12-21(13-11-20)18-30(4,28)29)26-17-22(19(2)3)27-14-8-6-7-9-15-27;/h10-13,19,22H,5-9,14-18H2,1-4H3,(H2,24,25,26);1H. The van der Waals surface area contributed by atoms with Gasteiger partial charge in [-0.15, -0.1) is 24.0 Å². The predicted molar refractivity (Wildman–Crippen MR) is 142 cm³/mol. The maximum atomic E-state index is 11.4. The second kappa shape index (κ2) is 14.3. The number of likely N-dealkylation sites (tertiary alicyclic amines) is 1. The van der Waals surface area contributed by atoms with E-state index in [0.29, 0.717) is 18.5 Å². The largest absolute Gasteiger partial charge is 0.357 e. The van der Waals surface area contributed by atoms with Crippen molar-refractivity contribution in [1.82, 2.24) is 15.5 Å². The zero-order valence-corrected chi connectivity index (χ0v) is 22.7. The topological polar surface area (TPSA) is 73.8 Å². The lowest BCUT2D eigenvalue weighted by Gasteiger charge is -2.34. The highest BCUT2D eigenvalue weighted by atomic mass is 127. The van der Waals surface area contributed by atoms with E-state index in [1.807, 2.05) is 24.3 Å². The van der Waals surface area contributed by atoms with Gasteiger partial charge in [-0.1, -0.05) is 51.0 Å². The molecule has 178 valence electrons. The molecule has 0 spiro atoms. The SMILES string of the molecule is CCNC(=NCc1ccc(CS(C)(=O)=O)cc1)NCC(C(C)C)N1CCCCCC1.I. The van der Waals surface area contributed by atoms with Gasteiger partial charge in [-0.25, -0.2) is 13.4 Å². The van der Waals surface area contributed by atoms with Gasteiger partial charge >= 0.3 is 0 Å². The summed E-state index contributed by atoms with van der Waals surface area (Å²) in [5, 5.41) is 6.90. The van der Waals surface area contributed by atoms with E-state index in [9.17, 15) is 8.42 Å². The van der Waals surface area contributed by atoms with Crippen LogP contribution in [0.5, 0.6) is 0 Å². The lowest BCUT2D eigenvalue weighted by atomic mass is 10.0. The first-order valence-electron chi connectivity index (χ1n) is 11.3. The third kappa shape index (κ3) is 11.0. The predicted octanol–water partition coefficient (Wildman–Crippen LogP) is 3.80. The van der Waals surface area contributed by atoms with Crippen molar-refractivity contribution in [2.45, 2.75) is 64.8 Å². The van der Waals surface area contributed by atoms with Gasteiger partial charge in [-0.3, -0.25) is 4.90 Å². The van der Waals surface area contributed by atoms with Crippen molar-refractivity contribution in [1.29, 1.82) is 0 Å². The first kappa shape index (κ1) is 28.2. The number of hydrogen-bond donors (Lipinski definition) is 2. The third-order valence-electron chi connectivity index (χ3n) is 5.57. The average Bonchev–Trinajstić information content (AvgIpc) is 2.95. The van der Waals surface area contributed by atoms with Gasteiger partial charge in [0.2, 0.25) is 0 Å². The highest BCUT2D eigenvalue weighted by Gasteiger charge is 2.22. The molecule has 0 saturated carbocycles. The highest BCUT2D eigenvalue weighted by molar-refractivity contribution is 14.0. The van der Waals surface area contributed by atoms with Crippen LogP contribution in [0.4, 0.5) is 0 Å². The molecule has 1 unspecified atom stereocenters. The van der Waals surface area contributed by atoms with Crippen LogP contribution in [0.15, 0.2) is 29.3 Å². The molecule has 0 bridgehead atoms. The summed E-state index contributed by atoms with van der Waals surface area (Å²) in [5.74, 6) is 1.49. The molecule has 1 aromatic carbocycles. The molecule has 2 N–H and O–H groups in total. The quantitative estimate of drug-likeness (QED) is 0.271. The Balaban J connectivity index is 0.00000480. The fourth-order valence-electron chi connectivity index (χ4n) is 3.97. The summed E-state index contributed by atoms with van der Waals surface area (Å²) >= 11 is 0. The summed E-state index contributed by atoms with van der Waals surface area (Å²) < 4.78 is 22.9. The van der Waals surface area contributed by atoms with Crippen LogP contribution in [0, 0.1) is 5.92 Å². The van der Waals surface area contributed by atoms with Crippen molar-refractivity contribution < 1.29 is 8.42 Å². The molecular weight excluding hydrogens is 523 g/mol. The van der Waals surface area contributed by atoms with Gasteiger partial charge in [-0.2, -0.15) is 0 Å². The molecule has 2 rings (SSSR count). The van der Waals surface area contributed by atoms with E-state index in [1.165, 1.54) is 45.0 Å². The summed E-state index contributed by atoms with van der Waals surface area (Å²) in [5.41, 5.74) is 1.88. The van der Waals surface area contributed by atoms with Gasteiger partial charge in [0.15, 0.2) is 15.8 Å². The third-order valence-corrected chi connectivity index (χ3v) is 6.43. The van der Waals surface area contributed by atoms with Gasteiger partial charge < -0.3 is 10.6 Å². The first-order valence-corrected chi connectivity index (χ1v) is 13.4. The highest BCUT2D eigenvalue weighted by Crippen LogP contribution is 2.17. The van der Waals surface area contributed by atoms with E-state index in [1.54, 1.807) is 0 Å². The van der Waals surface area contributed by atoms with Gasteiger partial charge in [-0.05, 0) is 49.9 Å². The van der Waals surface area contributed by atoms with Gasteiger partial charge in [0.05, 0.1) is 12.3 Å². The zero-order chi connectivity index (χ0) is 22.0. The van der Waals surface area contributed by atoms with E-state index >= 15 is 0 Å². The summed E-state index contributed by atoms with van der Waals surface area (Å²) in [4.78, 5) is 7.39. The monoisotopic (exact) mass is 564 g/mol. The Morgan fingerprint density at radius 3 is 2.13 bits per heavy atom. The Bertz CT molecular complexity index is 758. The molecule has 1 heterocycles. The number of aliphatic imine (C=N–C) groups is 1. The van der Waals surface area contributed by atoms with Crippen LogP contribution in [0.1, 0.15) is 57.6 Å². The van der Waals surface area contributed by atoms with Crippen molar-refractivity contribution in [2.24, 2.45) is 10.9 Å². The molecule has 31 heavy (non-hydrogen) atoms. The molecule has 0 amide bonds. The molecule has 1 aromatic rings. The van der Waals surface area contributed by atoms with Gasteiger partial charge in [0.25, 0.3) is 0 Å². The van der Waals surface area contributed by atoms with E-state index in [4.69, 9.17) is 4.99 Å². The molecule has 1 fully saturated rings. The van der Waals surface area contributed by atoms with Crippen LogP contribution in [0.25, 0.3) is 0 Å². The number of rotatable bonds is 9. The normalized spacial score (nSPS) is 17.0. The molecule has 1 atom stereocenters. The van der Waals surface area contributed by atoms with Crippen LogP contribution in [0.3, 0.4) is 0 Å². The summed E-state index contributed by atoms with van der Waals surface area (Å²) in [6, 6.07) is 8.17. The van der Waals surface area contributed by atoms with E-state index in [-0.39, 0.29) is 29.7 Å².